The van der Waals surface area contributed by atoms with Crippen LogP contribution in [0.5, 0.6) is 0 Å². The largest absolute Gasteiger partial charge is 0.507 e. The number of halogens is 1. The Morgan fingerprint density at radius 3 is 2.42 bits per heavy atom. The molecule has 2 heterocycles. The number of aliphatic hydroxyl groups is 1. The minimum absolute atomic E-state index is 0.00760. The molecule has 2 aromatic carbocycles. The molecule has 1 atom stereocenters. The number of aromatic nitrogens is 1. The van der Waals surface area contributed by atoms with Crippen LogP contribution in [0.2, 0.25) is 5.02 Å². The Labute approximate surface area is 185 Å². The summed E-state index contributed by atoms with van der Waals surface area (Å²) in [5.74, 6) is -1.38. The van der Waals surface area contributed by atoms with Crippen LogP contribution in [0.3, 0.4) is 0 Å². The molecule has 6 heteroatoms. The lowest BCUT2D eigenvalue weighted by Gasteiger charge is -2.25. The van der Waals surface area contributed by atoms with Crippen molar-refractivity contribution in [3.8, 4) is 0 Å². The molecule has 1 aromatic heterocycles. The Morgan fingerprint density at radius 1 is 1.06 bits per heavy atom. The van der Waals surface area contributed by atoms with Gasteiger partial charge in [0.15, 0.2) is 0 Å². The molecule has 4 rings (SSSR count). The van der Waals surface area contributed by atoms with Crippen molar-refractivity contribution in [1.82, 2.24) is 4.98 Å². The third kappa shape index (κ3) is 3.84. The minimum atomic E-state index is -0.808. The number of carbonyl (C=O) groups is 2. The van der Waals surface area contributed by atoms with Gasteiger partial charge in [0.2, 0.25) is 0 Å². The van der Waals surface area contributed by atoms with E-state index in [4.69, 9.17) is 11.6 Å². The maximum atomic E-state index is 13.1. The van der Waals surface area contributed by atoms with Crippen LogP contribution in [-0.2, 0) is 9.59 Å². The van der Waals surface area contributed by atoms with Gasteiger partial charge in [0, 0.05) is 28.7 Å². The average Bonchev–Trinajstić information content (AvgIpc) is 3.04. The van der Waals surface area contributed by atoms with Gasteiger partial charge in [-0.2, -0.15) is 0 Å². The lowest BCUT2D eigenvalue weighted by atomic mass is 9.96. The molecule has 1 saturated heterocycles. The van der Waals surface area contributed by atoms with Gasteiger partial charge in [-0.15, -0.1) is 0 Å². The summed E-state index contributed by atoms with van der Waals surface area (Å²) in [5, 5.41) is 11.5. The van der Waals surface area contributed by atoms with Crippen molar-refractivity contribution in [2.45, 2.75) is 25.8 Å². The van der Waals surface area contributed by atoms with Crippen molar-refractivity contribution in [2.24, 2.45) is 0 Å². The second-order valence-electron chi connectivity index (χ2n) is 7.71. The highest BCUT2D eigenvalue weighted by Gasteiger charge is 2.47. The van der Waals surface area contributed by atoms with E-state index in [1.54, 1.807) is 48.8 Å². The van der Waals surface area contributed by atoms with Crippen molar-refractivity contribution in [1.29, 1.82) is 0 Å². The van der Waals surface area contributed by atoms with E-state index in [1.807, 2.05) is 24.3 Å². The van der Waals surface area contributed by atoms with E-state index in [-0.39, 0.29) is 11.3 Å². The number of anilines is 1. The highest BCUT2D eigenvalue weighted by atomic mass is 35.5. The van der Waals surface area contributed by atoms with Gasteiger partial charge in [-0.1, -0.05) is 55.8 Å². The SMILES string of the molecule is CC(C)c1ccc(N2C(=O)C(=O)/C(=C(\O)c3cccc(Cl)c3)C2c2cccnc2)cc1. The van der Waals surface area contributed by atoms with E-state index in [2.05, 4.69) is 18.8 Å². The van der Waals surface area contributed by atoms with Gasteiger partial charge in [-0.3, -0.25) is 19.5 Å². The number of nitrogens with zero attached hydrogens (tertiary/aromatic N) is 2. The van der Waals surface area contributed by atoms with Crippen LogP contribution in [-0.4, -0.2) is 21.8 Å². The van der Waals surface area contributed by atoms with Gasteiger partial charge in [0.05, 0.1) is 11.6 Å². The Kier molecular flexibility index (Phi) is 5.61. The summed E-state index contributed by atoms with van der Waals surface area (Å²) in [5.41, 5.74) is 2.70. The minimum Gasteiger partial charge on any atom is -0.507 e. The standard InChI is InChI=1S/C25H21ClN2O3/c1-15(2)16-8-10-20(11-9-16)28-22(18-6-4-12-27-14-18)21(24(30)25(28)31)23(29)17-5-3-7-19(26)13-17/h3-15,22,29H,1-2H3/b23-21-. The Morgan fingerprint density at radius 2 is 1.81 bits per heavy atom. The van der Waals surface area contributed by atoms with Crippen molar-refractivity contribution in [3.63, 3.8) is 0 Å². The molecule has 1 N–H and O–H groups in total. The van der Waals surface area contributed by atoms with Gasteiger partial charge in [0.25, 0.3) is 11.7 Å². The average molecular weight is 433 g/mol. The molecular weight excluding hydrogens is 412 g/mol. The first-order valence-electron chi connectivity index (χ1n) is 9.95. The van der Waals surface area contributed by atoms with Crippen LogP contribution in [0.1, 0.15) is 42.5 Å². The summed E-state index contributed by atoms with van der Waals surface area (Å²) in [6, 6.07) is 16.8. The number of hydrogen-bond acceptors (Lipinski definition) is 4. The molecule has 1 aliphatic heterocycles. The quantitative estimate of drug-likeness (QED) is 0.336. The second-order valence-corrected chi connectivity index (χ2v) is 8.15. The first kappa shape index (κ1) is 20.8. The van der Waals surface area contributed by atoms with E-state index in [0.29, 0.717) is 27.8 Å². The number of rotatable bonds is 4. The summed E-state index contributed by atoms with van der Waals surface area (Å²) in [7, 11) is 0. The van der Waals surface area contributed by atoms with Gasteiger partial charge >= 0.3 is 0 Å². The molecule has 31 heavy (non-hydrogen) atoms. The number of benzene rings is 2. The molecule has 5 nitrogen and oxygen atoms in total. The van der Waals surface area contributed by atoms with Crippen LogP contribution >= 0.6 is 11.6 Å². The molecule has 3 aromatic rings. The number of amides is 1. The van der Waals surface area contributed by atoms with E-state index < -0.39 is 17.7 Å². The van der Waals surface area contributed by atoms with Crippen LogP contribution in [0, 0.1) is 0 Å². The summed E-state index contributed by atoms with van der Waals surface area (Å²) < 4.78 is 0. The summed E-state index contributed by atoms with van der Waals surface area (Å²) in [6.07, 6.45) is 3.21. The zero-order valence-corrected chi connectivity index (χ0v) is 17.9. The molecule has 1 amide bonds. The summed E-state index contributed by atoms with van der Waals surface area (Å²) >= 11 is 6.07. The van der Waals surface area contributed by atoms with Gasteiger partial charge in [0.1, 0.15) is 5.76 Å². The lowest BCUT2D eigenvalue weighted by Crippen LogP contribution is -2.29. The number of carbonyl (C=O) groups excluding carboxylic acids is 2. The third-order valence-electron chi connectivity index (χ3n) is 5.38. The Hall–Kier alpha value is -3.44. The molecule has 0 spiro atoms. The van der Waals surface area contributed by atoms with Crippen molar-refractivity contribution >= 4 is 34.7 Å². The fourth-order valence-electron chi connectivity index (χ4n) is 3.76. The van der Waals surface area contributed by atoms with Crippen molar-refractivity contribution in [2.75, 3.05) is 4.90 Å². The predicted molar refractivity (Wildman–Crippen MR) is 121 cm³/mol. The number of aliphatic hydroxyl groups excluding tert-OH is 1. The highest BCUT2D eigenvalue weighted by Crippen LogP contribution is 2.42. The zero-order valence-electron chi connectivity index (χ0n) is 17.1. The van der Waals surface area contributed by atoms with Gasteiger partial charge in [-0.25, -0.2) is 0 Å². The number of Topliss-reactive ketones (excluding diaryl/α,β-unsaturated/α-hetero) is 1. The highest BCUT2D eigenvalue weighted by molar-refractivity contribution is 6.51. The maximum absolute atomic E-state index is 13.1. The molecule has 0 radical (unpaired) electrons. The number of ketones is 1. The van der Waals surface area contributed by atoms with E-state index in [1.165, 1.54) is 4.90 Å². The normalized spacial score (nSPS) is 18.1. The predicted octanol–water partition coefficient (Wildman–Crippen LogP) is 5.48. The molecule has 1 fully saturated rings. The fourth-order valence-corrected chi connectivity index (χ4v) is 3.95. The van der Waals surface area contributed by atoms with Crippen LogP contribution in [0.4, 0.5) is 5.69 Å². The fraction of sp³-hybridized carbons (Fsp3) is 0.160. The van der Waals surface area contributed by atoms with E-state index in [9.17, 15) is 14.7 Å². The molecule has 156 valence electrons. The molecule has 1 aliphatic rings. The topological polar surface area (TPSA) is 70.5 Å². The molecule has 1 unspecified atom stereocenters. The molecule has 0 aliphatic carbocycles. The zero-order chi connectivity index (χ0) is 22.1. The third-order valence-corrected chi connectivity index (χ3v) is 5.62. The van der Waals surface area contributed by atoms with Gasteiger partial charge < -0.3 is 5.11 Å². The van der Waals surface area contributed by atoms with E-state index in [0.717, 1.165) is 5.56 Å². The van der Waals surface area contributed by atoms with Crippen LogP contribution in [0.15, 0.2) is 78.6 Å². The lowest BCUT2D eigenvalue weighted by molar-refractivity contribution is -0.132. The van der Waals surface area contributed by atoms with E-state index >= 15 is 0 Å². The van der Waals surface area contributed by atoms with Crippen LogP contribution in [0.25, 0.3) is 5.76 Å². The summed E-state index contributed by atoms with van der Waals surface area (Å²) in [4.78, 5) is 31.8. The summed E-state index contributed by atoms with van der Waals surface area (Å²) in [6.45, 7) is 4.17. The smallest absolute Gasteiger partial charge is 0.300 e. The molecule has 0 bridgehead atoms. The second kappa shape index (κ2) is 8.36. The first-order valence-corrected chi connectivity index (χ1v) is 10.3. The maximum Gasteiger partial charge on any atom is 0.300 e. The van der Waals surface area contributed by atoms with Crippen LogP contribution < -0.4 is 4.90 Å². The Bertz CT molecular complexity index is 1170. The van der Waals surface area contributed by atoms with Crippen molar-refractivity contribution in [3.05, 3.63) is 100 Å². The Balaban J connectivity index is 1.90. The number of hydrogen-bond donors (Lipinski definition) is 1. The number of pyridine rings is 1. The first-order chi connectivity index (χ1) is 14.9. The monoisotopic (exact) mass is 432 g/mol. The van der Waals surface area contributed by atoms with Crippen molar-refractivity contribution < 1.29 is 14.7 Å². The van der Waals surface area contributed by atoms with Gasteiger partial charge in [-0.05, 0) is 47.4 Å². The molecule has 0 saturated carbocycles. The molecular formula is C25H21ClN2O3.